The Morgan fingerprint density at radius 1 is 1.19 bits per heavy atom. The first-order chi connectivity index (χ1) is 9.77. The van der Waals surface area contributed by atoms with Crippen LogP contribution in [0.5, 0.6) is 0 Å². The van der Waals surface area contributed by atoms with Crippen LogP contribution in [0.4, 0.5) is 13.2 Å². The smallest absolute Gasteiger partial charge is 0.321 e. The summed E-state index contributed by atoms with van der Waals surface area (Å²) in [6, 6.07) is 5.18. The second-order valence-corrected chi connectivity index (χ2v) is 5.31. The molecule has 0 bridgehead atoms. The lowest BCUT2D eigenvalue weighted by atomic mass is 10.1. The molecule has 1 aromatic carbocycles. The summed E-state index contributed by atoms with van der Waals surface area (Å²) in [5, 5.41) is 0.549. The SMILES string of the molecule is CN(Cc1ccc(C(F)(F)F)cc1)Cc1ncc(Cl)n1C. The summed E-state index contributed by atoms with van der Waals surface area (Å²) in [7, 11) is 3.69. The van der Waals surface area contributed by atoms with Crippen LogP contribution < -0.4 is 0 Å². The predicted molar refractivity (Wildman–Crippen MR) is 74.8 cm³/mol. The number of hydrogen-bond acceptors (Lipinski definition) is 2. The Balaban J connectivity index is 2.00. The van der Waals surface area contributed by atoms with Gasteiger partial charge in [-0.3, -0.25) is 4.90 Å². The van der Waals surface area contributed by atoms with Crippen LogP contribution in [-0.4, -0.2) is 21.5 Å². The summed E-state index contributed by atoms with van der Waals surface area (Å²) >= 11 is 5.91. The minimum atomic E-state index is -4.30. The predicted octanol–water partition coefficient (Wildman–Crippen LogP) is 3.72. The second-order valence-electron chi connectivity index (χ2n) is 4.92. The molecule has 114 valence electrons. The molecule has 1 heterocycles. The third-order valence-corrected chi connectivity index (χ3v) is 3.52. The van der Waals surface area contributed by atoms with Crippen LogP contribution in [-0.2, 0) is 26.3 Å². The zero-order valence-electron chi connectivity index (χ0n) is 11.7. The van der Waals surface area contributed by atoms with E-state index in [9.17, 15) is 13.2 Å². The molecular weight excluding hydrogens is 303 g/mol. The monoisotopic (exact) mass is 317 g/mol. The molecule has 0 saturated heterocycles. The number of rotatable bonds is 4. The van der Waals surface area contributed by atoms with Gasteiger partial charge in [0, 0.05) is 13.6 Å². The fourth-order valence-electron chi connectivity index (χ4n) is 1.98. The molecule has 0 atom stereocenters. The zero-order chi connectivity index (χ0) is 15.6. The number of alkyl halides is 3. The molecule has 21 heavy (non-hydrogen) atoms. The maximum atomic E-state index is 12.5. The summed E-state index contributed by atoms with van der Waals surface area (Å²) in [4.78, 5) is 6.14. The third-order valence-electron chi connectivity index (χ3n) is 3.17. The summed E-state index contributed by atoms with van der Waals surface area (Å²) in [5.74, 6) is 0.800. The summed E-state index contributed by atoms with van der Waals surface area (Å²) < 4.78 is 39.2. The highest BCUT2D eigenvalue weighted by Crippen LogP contribution is 2.29. The van der Waals surface area contributed by atoms with Gasteiger partial charge in [0.15, 0.2) is 0 Å². The number of aromatic nitrogens is 2. The van der Waals surface area contributed by atoms with Gasteiger partial charge in [-0.1, -0.05) is 23.7 Å². The van der Waals surface area contributed by atoms with Gasteiger partial charge in [-0.25, -0.2) is 4.98 Å². The van der Waals surface area contributed by atoms with Crippen molar-refractivity contribution in [1.82, 2.24) is 14.5 Å². The van der Waals surface area contributed by atoms with Crippen LogP contribution in [0, 0.1) is 0 Å². The van der Waals surface area contributed by atoms with E-state index >= 15 is 0 Å². The molecule has 0 radical (unpaired) electrons. The largest absolute Gasteiger partial charge is 0.416 e. The first kappa shape index (κ1) is 15.9. The molecule has 2 rings (SSSR count). The maximum Gasteiger partial charge on any atom is 0.416 e. The van der Waals surface area contributed by atoms with Gasteiger partial charge in [0.05, 0.1) is 18.3 Å². The first-order valence-corrected chi connectivity index (χ1v) is 6.66. The zero-order valence-corrected chi connectivity index (χ0v) is 12.4. The Morgan fingerprint density at radius 2 is 1.81 bits per heavy atom. The summed E-state index contributed by atoms with van der Waals surface area (Å²) in [6.07, 6.45) is -2.73. The highest BCUT2D eigenvalue weighted by molar-refractivity contribution is 6.29. The Kier molecular flexibility index (Phi) is 4.58. The van der Waals surface area contributed by atoms with Crippen molar-refractivity contribution in [1.29, 1.82) is 0 Å². The van der Waals surface area contributed by atoms with Gasteiger partial charge in [-0.15, -0.1) is 0 Å². The normalized spacial score (nSPS) is 12.1. The van der Waals surface area contributed by atoms with Gasteiger partial charge in [0.25, 0.3) is 0 Å². The summed E-state index contributed by atoms with van der Waals surface area (Å²) in [6.45, 7) is 1.09. The maximum absolute atomic E-state index is 12.5. The molecular formula is C14H15ClF3N3. The summed E-state index contributed by atoms with van der Waals surface area (Å²) in [5.41, 5.74) is 0.176. The molecule has 1 aromatic heterocycles. The molecule has 0 fully saturated rings. The van der Waals surface area contributed by atoms with Crippen molar-refractivity contribution in [3.05, 3.63) is 52.6 Å². The fraction of sp³-hybridized carbons (Fsp3) is 0.357. The highest BCUT2D eigenvalue weighted by Gasteiger charge is 2.29. The average Bonchev–Trinajstić information content (AvgIpc) is 2.70. The molecule has 0 saturated carbocycles. The molecule has 0 aliphatic rings. The van der Waals surface area contributed by atoms with E-state index in [2.05, 4.69) is 4.98 Å². The van der Waals surface area contributed by atoms with Gasteiger partial charge < -0.3 is 4.57 Å². The fourth-order valence-corrected chi connectivity index (χ4v) is 2.13. The van der Waals surface area contributed by atoms with Crippen molar-refractivity contribution >= 4 is 11.6 Å². The van der Waals surface area contributed by atoms with E-state index in [0.717, 1.165) is 23.5 Å². The molecule has 0 unspecified atom stereocenters. The Bertz CT molecular complexity index is 605. The van der Waals surface area contributed by atoms with Gasteiger partial charge in [0.2, 0.25) is 0 Å². The minimum Gasteiger partial charge on any atom is -0.321 e. The molecule has 0 aliphatic carbocycles. The van der Waals surface area contributed by atoms with Crippen molar-refractivity contribution in [2.45, 2.75) is 19.3 Å². The van der Waals surface area contributed by atoms with Gasteiger partial charge in [-0.2, -0.15) is 13.2 Å². The minimum absolute atomic E-state index is 0.530. The van der Waals surface area contributed by atoms with Crippen LogP contribution >= 0.6 is 11.6 Å². The van der Waals surface area contributed by atoms with Crippen molar-refractivity contribution < 1.29 is 13.2 Å². The molecule has 3 nitrogen and oxygen atoms in total. The van der Waals surface area contributed by atoms with E-state index < -0.39 is 11.7 Å². The molecule has 0 N–H and O–H groups in total. The van der Waals surface area contributed by atoms with E-state index in [1.54, 1.807) is 10.8 Å². The van der Waals surface area contributed by atoms with E-state index in [0.29, 0.717) is 18.2 Å². The standard InChI is InChI=1S/C14H15ClF3N3/c1-20(9-13-19-7-12(15)21(13)2)8-10-3-5-11(6-4-10)14(16,17)18/h3-7H,8-9H2,1-2H3. The van der Waals surface area contributed by atoms with Crippen LogP contribution in [0.1, 0.15) is 17.0 Å². The Labute approximate surface area is 126 Å². The van der Waals surface area contributed by atoms with Crippen LogP contribution in [0.15, 0.2) is 30.5 Å². The Hall–Kier alpha value is -1.53. The molecule has 2 aromatic rings. The average molecular weight is 318 g/mol. The number of halogens is 4. The van der Waals surface area contributed by atoms with E-state index in [1.807, 2.05) is 19.0 Å². The number of imidazole rings is 1. The quantitative estimate of drug-likeness (QED) is 0.857. The van der Waals surface area contributed by atoms with E-state index in [1.165, 1.54) is 12.1 Å². The van der Waals surface area contributed by atoms with E-state index in [4.69, 9.17) is 11.6 Å². The van der Waals surface area contributed by atoms with Crippen molar-refractivity contribution in [2.24, 2.45) is 7.05 Å². The van der Waals surface area contributed by atoms with E-state index in [-0.39, 0.29) is 0 Å². The lowest BCUT2D eigenvalue weighted by molar-refractivity contribution is -0.137. The first-order valence-electron chi connectivity index (χ1n) is 6.28. The van der Waals surface area contributed by atoms with Crippen molar-refractivity contribution in [3.63, 3.8) is 0 Å². The van der Waals surface area contributed by atoms with Gasteiger partial charge in [0.1, 0.15) is 11.0 Å². The van der Waals surface area contributed by atoms with Crippen LogP contribution in [0.2, 0.25) is 5.15 Å². The third kappa shape index (κ3) is 3.98. The van der Waals surface area contributed by atoms with Crippen molar-refractivity contribution in [2.75, 3.05) is 7.05 Å². The van der Waals surface area contributed by atoms with Gasteiger partial charge >= 0.3 is 6.18 Å². The lowest BCUT2D eigenvalue weighted by Crippen LogP contribution is -2.19. The second kappa shape index (κ2) is 6.07. The highest BCUT2D eigenvalue weighted by atomic mass is 35.5. The Morgan fingerprint density at radius 3 is 2.29 bits per heavy atom. The van der Waals surface area contributed by atoms with Crippen LogP contribution in [0.3, 0.4) is 0 Å². The van der Waals surface area contributed by atoms with Gasteiger partial charge in [-0.05, 0) is 24.7 Å². The molecule has 0 aliphatic heterocycles. The number of hydrogen-bond donors (Lipinski definition) is 0. The topological polar surface area (TPSA) is 21.1 Å². The van der Waals surface area contributed by atoms with Crippen molar-refractivity contribution in [3.8, 4) is 0 Å². The molecule has 7 heteroatoms. The molecule has 0 amide bonds. The molecule has 0 spiro atoms. The number of benzene rings is 1. The lowest BCUT2D eigenvalue weighted by Gasteiger charge is -2.17. The van der Waals surface area contributed by atoms with Crippen LogP contribution in [0.25, 0.3) is 0 Å². The number of nitrogens with zero attached hydrogens (tertiary/aromatic N) is 3.